The number of hydrogen-bond donors (Lipinski definition) is 3. The lowest BCUT2D eigenvalue weighted by Gasteiger charge is -2.11. The maximum absolute atomic E-state index is 14.7. The number of halogens is 1. The van der Waals surface area contributed by atoms with Gasteiger partial charge in [-0.3, -0.25) is 5.10 Å². The van der Waals surface area contributed by atoms with Crippen molar-refractivity contribution in [3.8, 4) is 22.8 Å². The van der Waals surface area contributed by atoms with Crippen molar-refractivity contribution in [1.29, 1.82) is 0 Å². The van der Waals surface area contributed by atoms with Crippen LogP contribution in [0.3, 0.4) is 0 Å². The van der Waals surface area contributed by atoms with Crippen molar-refractivity contribution in [3.63, 3.8) is 0 Å². The molecule has 0 unspecified atom stereocenters. The fraction of sp³-hybridized carbons (Fsp3) is 0.182. The van der Waals surface area contributed by atoms with Gasteiger partial charge in [-0.05, 0) is 48.6 Å². The zero-order chi connectivity index (χ0) is 20.9. The highest BCUT2D eigenvalue weighted by atomic mass is 19.1. The standard InChI is InChI=1S/C22H19FN8/c1-31-22(27-18-7-6-17-15(11-26-29-17)19(18)12-2-3-12)28-20(30-31)13-4-5-14(16(23)10-13)21-24-8-9-25-21/h4-12H,2-3H2,1H3,(H,24,25)(H,26,29)(H,27,28,30). The molecule has 6 rings (SSSR count). The van der Waals surface area contributed by atoms with E-state index in [0.717, 1.165) is 16.6 Å². The first kappa shape index (κ1) is 17.8. The Balaban J connectivity index is 1.34. The van der Waals surface area contributed by atoms with Crippen LogP contribution in [0.2, 0.25) is 0 Å². The van der Waals surface area contributed by atoms with E-state index in [-0.39, 0.29) is 5.82 Å². The predicted octanol–water partition coefficient (Wildman–Crippen LogP) is 4.51. The molecular weight excluding hydrogens is 395 g/mol. The van der Waals surface area contributed by atoms with Crippen LogP contribution in [0.4, 0.5) is 16.0 Å². The summed E-state index contributed by atoms with van der Waals surface area (Å²) in [5, 5.41) is 16.3. The number of nitrogens with zero attached hydrogens (tertiary/aromatic N) is 5. The van der Waals surface area contributed by atoms with Gasteiger partial charge in [0, 0.05) is 36.1 Å². The van der Waals surface area contributed by atoms with E-state index in [9.17, 15) is 4.39 Å². The summed E-state index contributed by atoms with van der Waals surface area (Å²) in [6.45, 7) is 0. The Bertz CT molecular complexity index is 1390. The molecule has 0 amide bonds. The highest BCUT2D eigenvalue weighted by molar-refractivity contribution is 5.89. The quantitative estimate of drug-likeness (QED) is 0.393. The fourth-order valence-electron chi connectivity index (χ4n) is 3.96. The van der Waals surface area contributed by atoms with Crippen LogP contribution in [0.5, 0.6) is 0 Å². The van der Waals surface area contributed by atoms with Crippen molar-refractivity contribution in [3.05, 3.63) is 60.3 Å². The summed E-state index contributed by atoms with van der Waals surface area (Å²) in [4.78, 5) is 11.7. The molecule has 31 heavy (non-hydrogen) atoms. The van der Waals surface area contributed by atoms with Crippen molar-refractivity contribution < 1.29 is 4.39 Å². The molecule has 3 aromatic heterocycles. The molecule has 0 spiro atoms. The van der Waals surface area contributed by atoms with Gasteiger partial charge in [0.1, 0.15) is 11.6 Å². The normalized spacial score (nSPS) is 13.7. The number of imidazole rings is 1. The summed E-state index contributed by atoms with van der Waals surface area (Å²) >= 11 is 0. The molecule has 154 valence electrons. The molecule has 3 N–H and O–H groups in total. The van der Waals surface area contributed by atoms with Crippen LogP contribution >= 0.6 is 0 Å². The largest absolute Gasteiger partial charge is 0.345 e. The smallest absolute Gasteiger partial charge is 0.225 e. The third kappa shape index (κ3) is 3.05. The van der Waals surface area contributed by atoms with Gasteiger partial charge in [0.15, 0.2) is 5.82 Å². The highest BCUT2D eigenvalue weighted by Crippen LogP contribution is 2.47. The molecule has 1 fully saturated rings. The lowest BCUT2D eigenvalue weighted by atomic mass is 10.0. The monoisotopic (exact) mass is 414 g/mol. The van der Waals surface area contributed by atoms with Crippen molar-refractivity contribution in [2.75, 3.05) is 5.32 Å². The Morgan fingerprint density at radius 2 is 2.10 bits per heavy atom. The molecule has 8 nitrogen and oxygen atoms in total. The minimum Gasteiger partial charge on any atom is -0.345 e. The molecule has 0 aliphatic heterocycles. The van der Waals surface area contributed by atoms with Gasteiger partial charge in [0.05, 0.1) is 17.3 Å². The third-order valence-corrected chi connectivity index (χ3v) is 5.64. The topological polar surface area (TPSA) is 100 Å². The first-order valence-electron chi connectivity index (χ1n) is 10.1. The number of anilines is 2. The van der Waals surface area contributed by atoms with Crippen LogP contribution in [0.15, 0.2) is 48.9 Å². The van der Waals surface area contributed by atoms with E-state index in [2.05, 4.69) is 35.6 Å². The second-order valence-electron chi connectivity index (χ2n) is 7.77. The van der Waals surface area contributed by atoms with Crippen LogP contribution in [0.25, 0.3) is 33.7 Å². The number of rotatable bonds is 5. The van der Waals surface area contributed by atoms with Crippen LogP contribution in [0.1, 0.15) is 24.3 Å². The molecule has 2 aromatic carbocycles. The summed E-state index contributed by atoms with van der Waals surface area (Å²) in [7, 11) is 1.82. The van der Waals surface area contributed by atoms with E-state index in [1.807, 2.05) is 25.4 Å². The van der Waals surface area contributed by atoms with Crippen molar-refractivity contribution in [2.24, 2.45) is 7.05 Å². The average Bonchev–Trinajstić information content (AvgIpc) is 3.15. The van der Waals surface area contributed by atoms with Gasteiger partial charge >= 0.3 is 0 Å². The van der Waals surface area contributed by atoms with Gasteiger partial charge in [-0.15, -0.1) is 5.10 Å². The minimum atomic E-state index is -0.379. The maximum Gasteiger partial charge on any atom is 0.225 e. The zero-order valence-corrected chi connectivity index (χ0v) is 16.7. The van der Waals surface area contributed by atoms with Gasteiger partial charge in [-0.25, -0.2) is 14.1 Å². The molecule has 0 bridgehead atoms. The van der Waals surface area contributed by atoms with Gasteiger partial charge in [0.2, 0.25) is 5.95 Å². The molecule has 0 saturated heterocycles. The number of nitrogens with one attached hydrogen (secondary N) is 3. The molecule has 0 atom stereocenters. The maximum atomic E-state index is 14.7. The first-order chi connectivity index (χ1) is 15.2. The molecule has 1 aliphatic carbocycles. The summed E-state index contributed by atoms with van der Waals surface area (Å²) in [6, 6.07) is 8.97. The lowest BCUT2D eigenvalue weighted by Crippen LogP contribution is -2.02. The molecule has 1 saturated carbocycles. The minimum absolute atomic E-state index is 0.379. The van der Waals surface area contributed by atoms with E-state index in [4.69, 9.17) is 0 Å². The van der Waals surface area contributed by atoms with Crippen molar-refractivity contribution in [2.45, 2.75) is 18.8 Å². The first-order valence-corrected chi connectivity index (χ1v) is 10.1. The van der Waals surface area contributed by atoms with E-state index >= 15 is 0 Å². The van der Waals surface area contributed by atoms with E-state index in [1.54, 1.807) is 29.2 Å². The van der Waals surface area contributed by atoms with Crippen LogP contribution in [-0.4, -0.2) is 34.9 Å². The summed E-state index contributed by atoms with van der Waals surface area (Å²) < 4.78 is 16.3. The molecule has 5 aromatic rings. The number of benzene rings is 2. The van der Waals surface area contributed by atoms with E-state index in [0.29, 0.717) is 34.6 Å². The summed E-state index contributed by atoms with van der Waals surface area (Å²) in [6.07, 6.45) is 7.48. The number of aromatic amines is 2. The number of aryl methyl sites for hydroxylation is 1. The SMILES string of the molecule is Cn1nc(-c2ccc(-c3ncc[nH]3)c(F)c2)nc1Nc1ccc2[nH]ncc2c1C1CC1. The van der Waals surface area contributed by atoms with E-state index in [1.165, 1.54) is 24.5 Å². The van der Waals surface area contributed by atoms with Gasteiger partial charge in [-0.1, -0.05) is 6.07 Å². The van der Waals surface area contributed by atoms with Crippen molar-refractivity contribution in [1.82, 2.24) is 34.9 Å². The molecular formula is C22H19FN8. The van der Waals surface area contributed by atoms with Crippen LogP contribution in [-0.2, 0) is 7.05 Å². The Labute approximate surface area is 176 Å². The predicted molar refractivity (Wildman–Crippen MR) is 115 cm³/mol. The fourth-order valence-corrected chi connectivity index (χ4v) is 3.96. The van der Waals surface area contributed by atoms with Crippen LogP contribution < -0.4 is 5.32 Å². The summed E-state index contributed by atoms with van der Waals surface area (Å²) in [5.41, 5.74) is 4.29. The molecule has 1 aliphatic rings. The van der Waals surface area contributed by atoms with Gasteiger partial charge < -0.3 is 10.3 Å². The molecule has 9 heteroatoms. The van der Waals surface area contributed by atoms with Crippen LogP contribution in [0, 0.1) is 5.82 Å². The lowest BCUT2D eigenvalue weighted by molar-refractivity contribution is 0.630. The third-order valence-electron chi connectivity index (χ3n) is 5.64. The van der Waals surface area contributed by atoms with Crippen molar-refractivity contribution >= 4 is 22.5 Å². The Kier molecular flexibility index (Phi) is 3.89. The average molecular weight is 414 g/mol. The van der Waals surface area contributed by atoms with Gasteiger partial charge in [-0.2, -0.15) is 10.1 Å². The number of hydrogen-bond acceptors (Lipinski definition) is 5. The Hall–Kier alpha value is -4.01. The number of aromatic nitrogens is 7. The number of H-pyrrole nitrogens is 2. The molecule has 3 heterocycles. The van der Waals surface area contributed by atoms with Gasteiger partial charge in [0.25, 0.3) is 0 Å². The molecule has 0 radical (unpaired) electrons. The van der Waals surface area contributed by atoms with E-state index < -0.39 is 0 Å². The Morgan fingerprint density at radius 3 is 2.87 bits per heavy atom. The zero-order valence-electron chi connectivity index (χ0n) is 16.7. The number of fused-ring (bicyclic) bond motifs is 1. The second-order valence-corrected chi connectivity index (χ2v) is 7.77. The summed E-state index contributed by atoms with van der Waals surface area (Å²) in [5.74, 6) is 1.68. The Morgan fingerprint density at radius 1 is 1.19 bits per heavy atom. The highest BCUT2D eigenvalue weighted by Gasteiger charge is 2.29. The second kappa shape index (κ2) is 6.76.